The Balaban J connectivity index is 1.75. The summed E-state index contributed by atoms with van der Waals surface area (Å²) in [6, 6.07) is 13.9. The zero-order valence-electron chi connectivity index (χ0n) is 13.3. The molecule has 3 nitrogen and oxygen atoms in total. The van der Waals surface area contributed by atoms with Crippen LogP contribution in [0.3, 0.4) is 0 Å². The topological polar surface area (TPSA) is 49.3 Å². The minimum absolute atomic E-state index is 0.0533. The van der Waals surface area contributed by atoms with E-state index in [1.165, 1.54) is 24.3 Å². The number of alkyl halides is 3. The first kappa shape index (κ1) is 17.5. The first-order chi connectivity index (χ1) is 11.9. The fraction of sp³-hybridized carbons (Fsp3) is 0.316. The Morgan fingerprint density at radius 3 is 2.44 bits per heavy atom. The monoisotopic (exact) mass is 349 g/mol. The van der Waals surface area contributed by atoms with Crippen molar-refractivity contribution in [3.63, 3.8) is 0 Å². The molecule has 2 aromatic rings. The second-order valence-corrected chi connectivity index (χ2v) is 6.22. The normalized spacial score (nSPS) is 20.8. The molecule has 0 spiro atoms. The van der Waals surface area contributed by atoms with E-state index < -0.39 is 36.6 Å². The van der Waals surface area contributed by atoms with Gasteiger partial charge in [-0.1, -0.05) is 54.6 Å². The number of fused-ring (bicyclic) bond motifs is 1. The van der Waals surface area contributed by atoms with E-state index in [-0.39, 0.29) is 5.56 Å². The molecule has 1 amide bonds. The van der Waals surface area contributed by atoms with Gasteiger partial charge < -0.3 is 10.4 Å². The van der Waals surface area contributed by atoms with Crippen LogP contribution in [0.1, 0.15) is 35.1 Å². The van der Waals surface area contributed by atoms with Gasteiger partial charge in [0.15, 0.2) is 0 Å². The van der Waals surface area contributed by atoms with Crippen molar-refractivity contribution in [3.05, 3.63) is 71.3 Å². The SMILES string of the molecule is O=C(CC(c1ccccc1)C(F)(F)F)NC1c2ccccc2CC1O. The van der Waals surface area contributed by atoms with Crippen LogP contribution in [0.5, 0.6) is 0 Å². The number of halogens is 3. The van der Waals surface area contributed by atoms with E-state index in [1.54, 1.807) is 18.2 Å². The van der Waals surface area contributed by atoms with E-state index in [0.717, 1.165) is 11.1 Å². The molecular weight excluding hydrogens is 331 g/mol. The van der Waals surface area contributed by atoms with Gasteiger partial charge in [0, 0.05) is 12.8 Å². The van der Waals surface area contributed by atoms with Gasteiger partial charge in [0.05, 0.1) is 18.1 Å². The predicted octanol–water partition coefficient (Wildman–Crippen LogP) is 3.50. The largest absolute Gasteiger partial charge is 0.396 e. The summed E-state index contributed by atoms with van der Waals surface area (Å²) < 4.78 is 40.1. The molecule has 132 valence electrons. The van der Waals surface area contributed by atoms with Gasteiger partial charge >= 0.3 is 6.18 Å². The van der Waals surface area contributed by atoms with Crippen molar-refractivity contribution >= 4 is 5.91 Å². The van der Waals surface area contributed by atoms with E-state index in [1.807, 2.05) is 12.1 Å². The maximum atomic E-state index is 13.4. The first-order valence-corrected chi connectivity index (χ1v) is 8.03. The summed E-state index contributed by atoms with van der Waals surface area (Å²) in [6.07, 6.45) is -5.69. The number of aliphatic hydroxyl groups is 1. The molecule has 0 radical (unpaired) electrons. The Bertz CT molecular complexity index is 746. The Morgan fingerprint density at radius 2 is 1.76 bits per heavy atom. The molecule has 0 aliphatic heterocycles. The minimum atomic E-state index is -4.52. The van der Waals surface area contributed by atoms with E-state index in [9.17, 15) is 23.1 Å². The predicted molar refractivity (Wildman–Crippen MR) is 86.9 cm³/mol. The highest BCUT2D eigenvalue weighted by Gasteiger charge is 2.42. The maximum absolute atomic E-state index is 13.4. The second-order valence-electron chi connectivity index (χ2n) is 6.22. The molecule has 2 aromatic carbocycles. The number of hydrogen-bond acceptors (Lipinski definition) is 2. The van der Waals surface area contributed by atoms with Crippen LogP contribution in [-0.4, -0.2) is 23.3 Å². The van der Waals surface area contributed by atoms with E-state index in [0.29, 0.717) is 6.42 Å². The summed E-state index contributed by atoms with van der Waals surface area (Å²) in [5.74, 6) is -2.60. The van der Waals surface area contributed by atoms with Crippen molar-refractivity contribution < 1.29 is 23.1 Å². The molecule has 0 heterocycles. The van der Waals surface area contributed by atoms with Gasteiger partial charge in [0.1, 0.15) is 0 Å². The summed E-state index contributed by atoms with van der Waals surface area (Å²) in [5.41, 5.74) is 1.71. The van der Waals surface area contributed by atoms with E-state index in [2.05, 4.69) is 5.32 Å². The molecule has 6 heteroatoms. The molecule has 3 rings (SSSR count). The zero-order chi connectivity index (χ0) is 18.0. The molecule has 0 bridgehead atoms. The van der Waals surface area contributed by atoms with Gasteiger partial charge in [-0.2, -0.15) is 13.2 Å². The molecule has 3 unspecified atom stereocenters. The molecule has 1 aliphatic carbocycles. The van der Waals surface area contributed by atoms with Crippen LogP contribution >= 0.6 is 0 Å². The number of carbonyl (C=O) groups excluding carboxylic acids is 1. The number of carbonyl (C=O) groups is 1. The summed E-state index contributed by atoms with van der Waals surface area (Å²) in [6.45, 7) is 0. The Kier molecular flexibility index (Phi) is 4.81. The van der Waals surface area contributed by atoms with E-state index >= 15 is 0 Å². The van der Waals surface area contributed by atoms with Gasteiger partial charge in [0.25, 0.3) is 0 Å². The van der Waals surface area contributed by atoms with Crippen LogP contribution in [0, 0.1) is 0 Å². The molecule has 0 aromatic heterocycles. The first-order valence-electron chi connectivity index (χ1n) is 8.03. The van der Waals surface area contributed by atoms with E-state index in [4.69, 9.17) is 0 Å². The standard InChI is InChI=1S/C19H18F3NO2/c20-19(21,22)15(12-6-2-1-3-7-12)11-17(25)23-18-14-9-5-4-8-13(14)10-16(18)24/h1-9,15-16,18,24H,10-11H2,(H,23,25). The third kappa shape index (κ3) is 3.85. The van der Waals surface area contributed by atoms with Crippen molar-refractivity contribution in [2.24, 2.45) is 0 Å². The quantitative estimate of drug-likeness (QED) is 0.888. The number of hydrogen-bond donors (Lipinski definition) is 2. The highest BCUT2D eigenvalue weighted by Crippen LogP contribution is 2.38. The average molecular weight is 349 g/mol. The minimum Gasteiger partial charge on any atom is -0.390 e. The Labute approximate surface area is 143 Å². The molecule has 1 aliphatic rings. The smallest absolute Gasteiger partial charge is 0.390 e. The van der Waals surface area contributed by atoms with Crippen LogP contribution in [0.4, 0.5) is 13.2 Å². The lowest BCUT2D eigenvalue weighted by Crippen LogP contribution is -2.36. The lowest BCUT2D eigenvalue weighted by atomic mass is 9.94. The highest BCUT2D eigenvalue weighted by molar-refractivity contribution is 5.78. The summed E-state index contributed by atoms with van der Waals surface area (Å²) in [4.78, 5) is 12.3. The second kappa shape index (κ2) is 6.88. The zero-order valence-corrected chi connectivity index (χ0v) is 13.3. The van der Waals surface area contributed by atoms with Crippen molar-refractivity contribution in [1.29, 1.82) is 0 Å². The fourth-order valence-corrected chi connectivity index (χ4v) is 3.27. The molecule has 0 saturated heterocycles. The van der Waals surface area contributed by atoms with Crippen LogP contribution in [-0.2, 0) is 11.2 Å². The third-order valence-corrected chi connectivity index (χ3v) is 4.51. The lowest BCUT2D eigenvalue weighted by molar-refractivity contribution is -0.157. The molecule has 0 saturated carbocycles. The summed E-state index contributed by atoms with van der Waals surface area (Å²) in [7, 11) is 0. The van der Waals surface area contributed by atoms with Crippen LogP contribution in [0.15, 0.2) is 54.6 Å². The summed E-state index contributed by atoms with van der Waals surface area (Å²) >= 11 is 0. The number of amides is 1. The average Bonchev–Trinajstić information content (AvgIpc) is 2.88. The Morgan fingerprint density at radius 1 is 1.12 bits per heavy atom. The van der Waals surface area contributed by atoms with Crippen molar-refractivity contribution in [1.82, 2.24) is 5.32 Å². The molecule has 3 atom stereocenters. The van der Waals surface area contributed by atoms with Gasteiger partial charge in [-0.25, -0.2) is 0 Å². The van der Waals surface area contributed by atoms with Crippen molar-refractivity contribution in [2.75, 3.05) is 0 Å². The van der Waals surface area contributed by atoms with Gasteiger partial charge in [-0.3, -0.25) is 4.79 Å². The Hall–Kier alpha value is -2.34. The molecule has 25 heavy (non-hydrogen) atoms. The van der Waals surface area contributed by atoms with Crippen molar-refractivity contribution in [3.8, 4) is 0 Å². The number of nitrogens with one attached hydrogen (secondary N) is 1. The van der Waals surface area contributed by atoms with Crippen LogP contribution in [0.25, 0.3) is 0 Å². The fourth-order valence-electron chi connectivity index (χ4n) is 3.27. The number of aliphatic hydroxyl groups excluding tert-OH is 1. The number of benzene rings is 2. The highest BCUT2D eigenvalue weighted by atomic mass is 19.4. The lowest BCUT2D eigenvalue weighted by Gasteiger charge is -2.23. The van der Waals surface area contributed by atoms with Crippen molar-refractivity contribution in [2.45, 2.75) is 37.1 Å². The van der Waals surface area contributed by atoms with Gasteiger partial charge in [-0.15, -0.1) is 0 Å². The third-order valence-electron chi connectivity index (χ3n) is 4.51. The van der Waals surface area contributed by atoms with Crippen LogP contribution in [0.2, 0.25) is 0 Å². The molecule has 2 N–H and O–H groups in total. The molecule has 0 fully saturated rings. The summed E-state index contributed by atoms with van der Waals surface area (Å²) in [5, 5.41) is 12.7. The molecular formula is C19H18F3NO2. The van der Waals surface area contributed by atoms with Gasteiger partial charge in [0.2, 0.25) is 5.91 Å². The number of rotatable bonds is 4. The maximum Gasteiger partial charge on any atom is 0.396 e. The van der Waals surface area contributed by atoms with Gasteiger partial charge in [-0.05, 0) is 16.7 Å². The van der Waals surface area contributed by atoms with Crippen LogP contribution < -0.4 is 5.32 Å².